The van der Waals surface area contributed by atoms with Crippen molar-refractivity contribution in [1.29, 1.82) is 0 Å². The fourth-order valence-corrected chi connectivity index (χ4v) is 3.36. The first-order valence-electron chi connectivity index (χ1n) is 7.33. The number of hydrogen-bond donors (Lipinski definition) is 2. The van der Waals surface area contributed by atoms with Gasteiger partial charge in [0.1, 0.15) is 0 Å². The van der Waals surface area contributed by atoms with E-state index in [0.717, 1.165) is 0 Å². The van der Waals surface area contributed by atoms with E-state index in [1.54, 1.807) is 19.1 Å². The Morgan fingerprint density at radius 3 is 2.32 bits per heavy atom. The number of hydrogen-bond acceptors (Lipinski definition) is 5. The smallest absolute Gasteiger partial charge is 0.339 e. The largest absolute Gasteiger partial charge is 0.465 e. The number of nitrogens with one attached hydrogen (secondary N) is 2. The van der Waals surface area contributed by atoms with E-state index in [-0.39, 0.29) is 22.1 Å². The lowest BCUT2D eigenvalue weighted by molar-refractivity contribution is -0.114. The highest BCUT2D eigenvalue weighted by molar-refractivity contribution is 7.92. The summed E-state index contributed by atoms with van der Waals surface area (Å²) in [7, 11) is -2.70. The minimum Gasteiger partial charge on any atom is -0.465 e. The standard InChI is InChI=1S/C17H18N2O5S/c1-11-10-13(8-9-15(11)18-12(2)20)25(22,23)19-16-7-5-4-6-14(16)17(21)24-3/h4-10,19H,1-3H3,(H,18,20). The first-order valence-corrected chi connectivity index (χ1v) is 8.81. The lowest BCUT2D eigenvalue weighted by atomic mass is 10.2. The number of methoxy groups -OCH3 is 1. The average Bonchev–Trinajstić information content (AvgIpc) is 2.55. The molecule has 0 unspecified atom stereocenters. The van der Waals surface area contributed by atoms with E-state index in [9.17, 15) is 18.0 Å². The van der Waals surface area contributed by atoms with Gasteiger partial charge in [-0.15, -0.1) is 0 Å². The third kappa shape index (κ3) is 4.36. The zero-order chi connectivity index (χ0) is 18.6. The summed E-state index contributed by atoms with van der Waals surface area (Å²) in [6.07, 6.45) is 0. The number of sulfonamides is 1. The van der Waals surface area contributed by atoms with Crippen molar-refractivity contribution in [2.45, 2.75) is 18.7 Å². The summed E-state index contributed by atoms with van der Waals surface area (Å²) in [6.45, 7) is 3.06. The molecule has 0 spiro atoms. The molecular formula is C17H18N2O5S. The van der Waals surface area contributed by atoms with E-state index in [2.05, 4.69) is 14.8 Å². The summed E-state index contributed by atoms with van der Waals surface area (Å²) in [5.41, 5.74) is 1.36. The molecule has 2 rings (SSSR count). The molecule has 2 aromatic carbocycles. The van der Waals surface area contributed by atoms with Gasteiger partial charge in [-0.25, -0.2) is 13.2 Å². The molecule has 0 aromatic heterocycles. The predicted octanol–water partition coefficient (Wildman–Crippen LogP) is 2.54. The van der Waals surface area contributed by atoms with Crippen LogP contribution in [0.1, 0.15) is 22.8 Å². The van der Waals surface area contributed by atoms with Crippen molar-refractivity contribution >= 4 is 33.3 Å². The van der Waals surface area contributed by atoms with Crippen LogP contribution in [-0.4, -0.2) is 27.4 Å². The van der Waals surface area contributed by atoms with Gasteiger partial charge in [0.2, 0.25) is 5.91 Å². The van der Waals surface area contributed by atoms with Gasteiger partial charge in [-0.2, -0.15) is 0 Å². The van der Waals surface area contributed by atoms with E-state index in [1.165, 1.54) is 44.4 Å². The van der Waals surface area contributed by atoms with Gasteiger partial charge in [-0.05, 0) is 42.8 Å². The van der Waals surface area contributed by atoms with Crippen LogP contribution in [0.5, 0.6) is 0 Å². The monoisotopic (exact) mass is 362 g/mol. The predicted molar refractivity (Wildman–Crippen MR) is 94.1 cm³/mol. The average molecular weight is 362 g/mol. The molecule has 0 fully saturated rings. The Balaban J connectivity index is 2.36. The Morgan fingerprint density at radius 2 is 1.72 bits per heavy atom. The summed E-state index contributed by atoms with van der Waals surface area (Å²) >= 11 is 0. The van der Waals surface area contributed by atoms with Crippen molar-refractivity contribution in [3.63, 3.8) is 0 Å². The Bertz CT molecular complexity index is 922. The van der Waals surface area contributed by atoms with E-state index in [0.29, 0.717) is 11.3 Å². The van der Waals surface area contributed by atoms with Gasteiger partial charge in [-0.1, -0.05) is 12.1 Å². The topological polar surface area (TPSA) is 102 Å². The summed E-state index contributed by atoms with van der Waals surface area (Å²) in [5.74, 6) is -0.890. The highest BCUT2D eigenvalue weighted by atomic mass is 32.2. The maximum atomic E-state index is 12.6. The zero-order valence-corrected chi connectivity index (χ0v) is 14.8. The fraction of sp³-hybridized carbons (Fsp3) is 0.176. The van der Waals surface area contributed by atoms with Gasteiger partial charge in [0.15, 0.2) is 0 Å². The van der Waals surface area contributed by atoms with Crippen molar-refractivity contribution in [3.05, 3.63) is 53.6 Å². The Hall–Kier alpha value is -2.87. The number of rotatable bonds is 5. The molecule has 132 valence electrons. The highest BCUT2D eigenvalue weighted by Gasteiger charge is 2.19. The van der Waals surface area contributed by atoms with Crippen LogP contribution < -0.4 is 10.0 Å². The van der Waals surface area contributed by atoms with Gasteiger partial charge in [0.05, 0.1) is 23.3 Å². The minimum atomic E-state index is -3.92. The number of benzene rings is 2. The first-order chi connectivity index (χ1) is 11.7. The zero-order valence-electron chi connectivity index (χ0n) is 14.0. The minimum absolute atomic E-state index is 0.0128. The molecule has 8 heteroatoms. The highest BCUT2D eigenvalue weighted by Crippen LogP contribution is 2.24. The van der Waals surface area contributed by atoms with Gasteiger partial charge < -0.3 is 10.1 Å². The Labute approximate surface area is 146 Å². The molecule has 7 nitrogen and oxygen atoms in total. The maximum Gasteiger partial charge on any atom is 0.339 e. The summed E-state index contributed by atoms with van der Waals surface area (Å²) in [4.78, 5) is 22.9. The molecule has 0 aliphatic heterocycles. The van der Waals surface area contributed by atoms with Crippen molar-refractivity contribution in [3.8, 4) is 0 Å². The number of amides is 1. The lowest BCUT2D eigenvalue weighted by Crippen LogP contribution is -2.16. The van der Waals surface area contributed by atoms with Crippen molar-refractivity contribution in [1.82, 2.24) is 0 Å². The number of para-hydroxylation sites is 1. The van der Waals surface area contributed by atoms with Crippen LogP contribution in [0.25, 0.3) is 0 Å². The second-order valence-electron chi connectivity index (χ2n) is 5.30. The maximum absolute atomic E-state index is 12.6. The number of ether oxygens (including phenoxy) is 1. The summed E-state index contributed by atoms with van der Waals surface area (Å²) < 4.78 is 32.2. The number of carbonyl (C=O) groups is 2. The van der Waals surface area contributed by atoms with Crippen LogP contribution >= 0.6 is 0 Å². The number of aryl methyl sites for hydroxylation is 1. The van der Waals surface area contributed by atoms with E-state index < -0.39 is 16.0 Å². The second kappa shape index (κ2) is 7.35. The van der Waals surface area contributed by atoms with E-state index >= 15 is 0 Å². The molecule has 0 saturated carbocycles. The van der Waals surface area contributed by atoms with Crippen molar-refractivity contribution < 1.29 is 22.7 Å². The number of esters is 1. The SMILES string of the molecule is COC(=O)c1ccccc1NS(=O)(=O)c1ccc(NC(C)=O)c(C)c1. The van der Waals surface area contributed by atoms with Crippen LogP contribution in [-0.2, 0) is 19.6 Å². The molecule has 0 radical (unpaired) electrons. The van der Waals surface area contributed by atoms with Gasteiger partial charge in [0.25, 0.3) is 10.0 Å². The molecule has 0 atom stereocenters. The number of carbonyl (C=O) groups excluding carboxylic acids is 2. The third-order valence-electron chi connectivity index (χ3n) is 3.40. The molecule has 0 heterocycles. The third-order valence-corrected chi connectivity index (χ3v) is 4.76. The molecule has 2 aromatic rings. The molecule has 2 N–H and O–H groups in total. The van der Waals surface area contributed by atoms with E-state index in [4.69, 9.17) is 0 Å². The van der Waals surface area contributed by atoms with Gasteiger partial charge in [0, 0.05) is 12.6 Å². The summed E-state index contributed by atoms with van der Waals surface area (Å²) in [5, 5.41) is 2.62. The van der Waals surface area contributed by atoms with Crippen molar-refractivity contribution in [2.24, 2.45) is 0 Å². The second-order valence-corrected chi connectivity index (χ2v) is 6.98. The van der Waals surface area contributed by atoms with Crippen LogP contribution in [0.2, 0.25) is 0 Å². The lowest BCUT2D eigenvalue weighted by Gasteiger charge is -2.13. The molecule has 0 aliphatic carbocycles. The number of anilines is 2. The molecule has 1 amide bonds. The van der Waals surface area contributed by atoms with E-state index in [1.807, 2.05) is 0 Å². The summed E-state index contributed by atoms with van der Waals surface area (Å²) in [6, 6.07) is 10.5. The van der Waals surface area contributed by atoms with Crippen LogP contribution in [0.4, 0.5) is 11.4 Å². The van der Waals surface area contributed by atoms with Gasteiger partial charge in [-0.3, -0.25) is 9.52 Å². The quantitative estimate of drug-likeness (QED) is 0.796. The molecule has 25 heavy (non-hydrogen) atoms. The Morgan fingerprint density at radius 1 is 1.04 bits per heavy atom. The molecule has 0 saturated heterocycles. The van der Waals surface area contributed by atoms with Crippen LogP contribution in [0.15, 0.2) is 47.4 Å². The van der Waals surface area contributed by atoms with Crippen molar-refractivity contribution in [2.75, 3.05) is 17.1 Å². The fourth-order valence-electron chi connectivity index (χ4n) is 2.20. The molecular weight excluding hydrogens is 344 g/mol. The Kier molecular flexibility index (Phi) is 5.43. The van der Waals surface area contributed by atoms with Crippen LogP contribution in [0, 0.1) is 6.92 Å². The van der Waals surface area contributed by atoms with Gasteiger partial charge >= 0.3 is 5.97 Å². The molecule has 0 bridgehead atoms. The van der Waals surface area contributed by atoms with Crippen LogP contribution in [0.3, 0.4) is 0 Å². The normalized spacial score (nSPS) is 10.8. The molecule has 0 aliphatic rings. The first kappa shape index (κ1) is 18.5.